The summed E-state index contributed by atoms with van der Waals surface area (Å²) in [6.07, 6.45) is 0. The highest BCUT2D eigenvalue weighted by Gasteiger charge is 2.10. The van der Waals surface area contributed by atoms with Gasteiger partial charge < -0.3 is 0 Å². The molecule has 0 N–H and O–H groups in total. The SMILES string of the molecule is N#Cc1ccc2ccccc2c1-c1ccc2ccccc2c1. The fourth-order valence-corrected chi connectivity index (χ4v) is 3.02. The lowest BCUT2D eigenvalue weighted by molar-refractivity contribution is 1.49. The highest BCUT2D eigenvalue weighted by Crippen LogP contribution is 2.33. The van der Waals surface area contributed by atoms with Gasteiger partial charge >= 0.3 is 0 Å². The van der Waals surface area contributed by atoms with Gasteiger partial charge in [-0.15, -0.1) is 0 Å². The third kappa shape index (κ3) is 1.94. The van der Waals surface area contributed by atoms with Gasteiger partial charge in [-0.25, -0.2) is 0 Å². The van der Waals surface area contributed by atoms with Crippen molar-refractivity contribution >= 4 is 21.5 Å². The van der Waals surface area contributed by atoms with Crippen LogP contribution in [0.5, 0.6) is 0 Å². The molecule has 0 amide bonds. The summed E-state index contributed by atoms with van der Waals surface area (Å²) in [7, 11) is 0. The number of nitrogens with zero attached hydrogens (tertiary/aromatic N) is 1. The van der Waals surface area contributed by atoms with Crippen LogP contribution >= 0.6 is 0 Å². The molecule has 4 aromatic carbocycles. The largest absolute Gasteiger partial charge is 0.192 e. The fourth-order valence-electron chi connectivity index (χ4n) is 3.02. The lowest BCUT2D eigenvalue weighted by Crippen LogP contribution is -1.87. The number of hydrogen-bond donors (Lipinski definition) is 0. The number of hydrogen-bond acceptors (Lipinski definition) is 1. The van der Waals surface area contributed by atoms with Crippen LogP contribution in [0.2, 0.25) is 0 Å². The maximum Gasteiger partial charge on any atom is 0.0998 e. The van der Waals surface area contributed by atoms with Gasteiger partial charge in [-0.1, -0.05) is 66.7 Å². The maximum absolute atomic E-state index is 9.50. The average Bonchev–Trinajstić information content (AvgIpc) is 2.60. The number of nitriles is 1. The van der Waals surface area contributed by atoms with Gasteiger partial charge in [0.05, 0.1) is 11.6 Å². The van der Waals surface area contributed by atoms with Crippen LogP contribution in [0, 0.1) is 11.3 Å². The molecule has 22 heavy (non-hydrogen) atoms. The molecular formula is C21H13N. The van der Waals surface area contributed by atoms with Gasteiger partial charge in [0.15, 0.2) is 0 Å². The maximum atomic E-state index is 9.50. The lowest BCUT2D eigenvalue weighted by atomic mass is 9.92. The van der Waals surface area contributed by atoms with E-state index in [1.54, 1.807) is 0 Å². The molecular weight excluding hydrogens is 266 g/mol. The normalized spacial score (nSPS) is 10.7. The second-order valence-corrected chi connectivity index (χ2v) is 5.38. The first-order valence-electron chi connectivity index (χ1n) is 7.28. The summed E-state index contributed by atoms with van der Waals surface area (Å²) < 4.78 is 0. The molecule has 0 aromatic heterocycles. The van der Waals surface area contributed by atoms with Gasteiger partial charge in [0.1, 0.15) is 0 Å². The molecule has 0 saturated carbocycles. The molecule has 0 aliphatic heterocycles. The molecule has 4 aromatic rings. The van der Waals surface area contributed by atoms with E-state index in [0.717, 1.165) is 21.9 Å². The summed E-state index contributed by atoms with van der Waals surface area (Å²) in [5.41, 5.74) is 2.83. The first kappa shape index (κ1) is 12.6. The first-order valence-corrected chi connectivity index (χ1v) is 7.28. The van der Waals surface area contributed by atoms with Gasteiger partial charge in [-0.3, -0.25) is 0 Å². The molecule has 0 bridgehead atoms. The molecule has 1 nitrogen and oxygen atoms in total. The summed E-state index contributed by atoms with van der Waals surface area (Å²) in [6.45, 7) is 0. The van der Waals surface area contributed by atoms with E-state index in [2.05, 4.69) is 48.5 Å². The van der Waals surface area contributed by atoms with Crippen LogP contribution in [-0.4, -0.2) is 0 Å². The fraction of sp³-hybridized carbons (Fsp3) is 0. The Morgan fingerprint density at radius 3 is 2.14 bits per heavy atom. The Morgan fingerprint density at radius 2 is 1.32 bits per heavy atom. The van der Waals surface area contributed by atoms with Crippen LogP contribution in [0.4, 0.5) is 0 Å². The van der Waals surface area contributed by atoms with Crippen LogP contribution in [0.1, 0.15) is 5.56 Å². The molecule has 0 aliphatic carbocycles. The van der Waals surface area contributed by atoms with E-state index in [0.29, 0.717) is 5.56 Å². The second-order valence-electron chi connectivity index (χ2n) is 5.38. The predicted molar refractivity (Wildman–Crippen MR) is 91.6 cm³/mol. The molecule has 0 heterocycles. The Balaban J connectivity index is 2.08. The molecule has 0 fully saturated rings. The third-order valence-electron chi connectivity index (χ3n) is 4.09. The molecule has 0 saturated heterocycles. The van der Waals surface area contributed by atoms with Gasteiger partial charge in [0.25, 0.3) is 0 Å². The van der Waals surface area contributed by atoms with Crippen molar-refractivity contribution in [1.82, 2.24) is 0 Å². The Kier molecular flexibility index (Phi) is 2.88. The van der Waals surface area contributed by atoms with E-state index in [1.165, 1.54) is 10.8 Å². The van der Waals surface area contributed by atoms with Crippen molar-refractivity contribution in [3.63, 3.8) is 0 Å². The Labute approximate surface area is 129 Å². The van der Waals surface area contributed by atoms with Crippen LogP contribution in [0.25, 0.3) is 32.7 Å². The summed E-state index contributed by atoms with van der Waals surface area (Å²) >= 11 is 0. The summed E-state index contributed by atoms with van der Waals surface area (Å²) in [6, 6.07) is 29.2. The van der Waals surface area contributed by atoms with Crippen molar-refractivity contribution in [2.45, 2.75) is 0 Å². The molecule has 0 atom stereocenters. The monoisotopic (exact) mass is 279 g/mol. The van der Waals surface area contributed by atoms with Crippen molar-refractivity contribution in [1.29, 1.82) is 5.26 Å². The molecule has 0 unspecified atom stereocenters. The summed E-state index contributed by atoms with van der Waals surface area (Å²) in [5, 5.41) is 14.2. The zero-order valence-electron chi connectivity index (χ0n) is 12.0. The Bertz CT molecular complexity index is 1040. The van der Waals surface area contributed by atoms with E-state index in [1.807, 2.05) is 36.4 Å². The Morgan fingerprint density at radius 1 is 0.636 bits per heavy atom. The van der Waals surface area contributed by atoms with E-state index in [4.69, 9.17) is 0 Å². The summed E-state index contributed by atoms with van der Waals surface area (Å²) in [4.78, 5) is 0. The van der Waals surface area contributed by atoms with Gasteiger partial charge in [0, 0.05) is 5.56 Å². The smallest absolute Gasteiger partial charge is 0.0998 e. The van der Waals surface area contributed by atoms with E-state index in [9.17, 15) is 5.26 Å². The minimum Gasteiger partial charge on any atom is -0.192 e. The topological polar surface area (TPSA) is 23.8 Å². The van der Waals surface area contributed by atoms with E-state index >= 15 is 0 Å². The van der Waals surface area contributed by atoms with Crippen molar-refractivity contribution in [2.75, 3.05) is 0 Å². The van der Waals surface area contributed by atoms with Gasteiger partial charge in [0.2, 0.25) is 0 Å². The first-order chi connectivity index (χ1) is 10.9. The second kappa shape index (κ2) is 5.02. The highest BCUT2D eigenvalue weighted by atomic mass is 14.3. The number of fused-ring (bicyclic) bond motifs is 2. The lowest BCUT2D eigenvalue weighted by Gasteiger charge is -2.10. The standard InChI is InChI=1S/C21H13N/c22-14-19-12-10-16-6-3-4-8-20(16)21(19)18-11-9-15-5-1-2-7-17(15)13-18/h1-13H. The Hall–Kier alpha value is -3.11. The average molecular weight is 279 g/mol. The van der Waals surface area contributed by atoms with Crippen molar-refractivity contribution in [2.24, 2.45) is 0 Å². The zero-order chi connectivity index (χ0) is 14.9. The molecule has 0 aliphatic rings. The van der Waals surface area contributed by atoms with Crippen LogP contribution in [0.3, 0.4) is 0 Å². The number of rotatable bonds is 1. The van der Waals surface area contributed by atoms with E-state index in [-0.39, 0.29) is 0 Å². The minimum atomic E-state index is 0.717. The van der Waals surface area contributed by atoms with Crippen molar-refractivity contribution < 1.29 is 0 Å². The highest BCUT2D eigenvalue weighted by molar-refractivity contribution is 6.01. The van der Waals surface area contributed by atoms with Gasteiger partial charge in [-0.2, -0.15) is 5.26 Å². The number of benzene rings is 4. The molecule has 0 spiro atoms. The summed E-state index contributed by atoms with van der Waals surface area (Å²) in [5.74, 6) is 0. The molecule has 1 heteroatoms. The van der Waals surface area contributed by atoms with Gasteiger partial charge in [-0.05, 0) is 39.2 Å². The predicted octanol–water partition coefficient (Wildman–Crippen LogP) is 5.53. The molecule has 0 radical (unpaired) electrons. The van der Waals surface area contributed by atoms with E-state index < -0.39 is 0 Å². The molecule has 4 rings (SSSR count). The quantitative estimate of drug-likeness (QED) is 0.449. The minimum absolute atomic E-state index is 0.717. The zero-order valence-corrected chi connectivity index (χ0v) is 12.0. The van der Waals surface area contributed by atoms with Crippen LogP contribution < -0.4 is 0 Å². The third-order valence-corrected chi connectivity index (χ3v) is 4.09. The molecule has 102 valence electrons. The van der Waals surface area contributed by atoms with Crippen LogP contribution in [-0.2, 0) is 0 Å². The van der Waals surface area contributed by atoms with Crippen LogP contribution in [0.15, 0.2) is 78.9 Å². The van der Waals surface area contributed by atoms with Crippen molar-refractivity contribution in [3.8, 4) is 17.2 Å². The van der Waals surface area contributed by atoms with Crippen molar-refractivity contribution in [3.05, 3.63) is 84.4 Å².